The van der Waals surface area contributed by atoms with E-state index < -0.39 is 10.0 Å². The number of carbonyl (C=O) groups excluding carboxylic acids is 1. The Hall–Kier alpha value is -2.35. The van der Waals surface area contributed by atoms with Crippen LogP contribution in [0.3, 0.4) is 0 Å². The lowest BCUT2D eigenvalue weighted by molar-refractivity contribution is -0.118. The molecular formula is C15H18N4O3S. The van der Waals surface area contributed by atoms with Gasteiger partial charge in [-0.25, -0.2) is 8.42 Å². The van der Waals surface area contributed by atoms with Crippen LogP contribution in [0.15, 0.2) is 23.1 Å². The lowest BCUT2D eigenvalue weighted by atomic mass is 10.0. The third-order valence-electron chi connectivity index (χ3n) is 4.00. The molecule has 3 rings (SSSR count). The Morgan fingerprint density at radius 3 is 2.65 bits per heavy atom. The average Bonchev–Trinajstić information content (AvgIpc) is 2.82. The van der Waals surface area contributed by atoms with E-state index in [1.54, 1.807) is 44.0 Å². The third kappa shape index (κ3) is 2.70. The van der Waals surface area contributed by atoms with Gasteiger partial charge >= 0.3 is 0 Å². The highest BCUT2D eigenvalue weighted by molar-refractivity contribution is 7.92. The van der Waals surface area contributed by atoms with Crippen molar-refractivity contribution in [3.63, 3.8) is 0 Å². The number of aromatic nitrogens is 2. The van der Waals surface area contributed by atoms with Gasteiger partial charge in [-0.1, -0.05) is 0 Å². The molecule has 0 radical (unpaired) electrons. The minimum absolute atomic E-state index is 0.0653. The van der Waals surface area contributed by atoms with E-state index >= 15 is 0 Å². The standard InChI is InChI=1S/C15H18N4O3S/c1-9-15(10(2)17-16-9)23(21,22)18-12-5-6-13-11(8-12)4-7-14(20)19(13)3/h5-6,8,18H,4,7H2,1-3H3,(H,16,17). The zero-order valence-electron chi connectivity index (χ0n) is 13.2. The number of nitrogens with one attached hydrogen (secondary N) is 2. The lowest BCUT2D eigenvalue weighted by Crippen LogP contribution is -2.31. The first-order chi connectivity index (χ1) is 10.8. The van der Waals surface area contributed by atoms with Crippen LogP contribution in [0, 0.1) is 13.8 Å². The van der Waals surface area contributed by atoms with Crippen LogP contribution >= 0.6 is 0 Å². The molecule has 2 aromatic rings. The first-order valence-corrected chi connectivity index (χ1v) is 8.72. The predicted octanol–water partition coefficient (Wildman–Crippen LogP) is 1.74. The molecule has 0 aliphatic carbocycles. The summed E-state index contributed by atoms with van der Waals surface area (Å²) < 4.78 is 27.7. The second kappa shape index (κ2) is 5.38. The van der Waals surface area contributed by atoms with Crippen LogP contribution in [0.2, 0.25) is 0 Å². The number of H-pyrrole nitrogens is 1. The van der Waals surface area contributed by atoms with Gasteiger partial charge < -0.3 is 4.90 Å². The van der Waals surface area contributed by atoms with Crippen molar-refractivity contribution in [2.24, 2.45) is 0 Å². The first-order valence-electron chi connectivity index (χ1n) is 7.23. The molecule has 0 spiro atoms. The van der Waals surface area contributed by atoms with Gasteiger partial charge in [-0.3, -0.25) is 14.6 Å². The van der Waals surface area contributed by atoms with Crippen molar-refractivity contribution in [2.45, 2.75) is 31.6 Å². The first kappa shape index (κ1) is 15.5. The van der Waals surface area contributed by atoms with Crippen LogP contribution in [0.25, 0.3) is 0 Å². The summed E-state index contributed by atoms with van der Waals surface area (Å²) in [4.78, 5) is 13.5. The zero-order valence-corrected chi connectivity index (χ0v) is 14.0. The predicted molar refractivity (Wildman–Crippen MR) is 87.0 cm³/mol. The highest BCUT2D eigenvalue weighted by Crippen LogP contribution is 2.30. The normalized spacial score (nSPS) is 14.7. The fourth-order valence-corrected chi connectivity index (χ4v) is 4.29. The Morgan fingerprint density at radius 1 is 1.26 bits per heavy atom. The van der Waals surface area contributed by atoms with Gasteiger partial charge in [-0.05, 0) is 44.0 Å². The van der Waals surface area contributed by atoms with Crippen molar-refractivity contribution in [3.05, 3.63) is 35.2 Å². The van der Waals surface area contributed by atoms with Crippen LogP contribution < -0.4 is 9.62 Å². The van der Waals surface area contributed by atoms with Gasteiger partial charge in [0.25, 0.3) is 10.0 Å². The number of hydrogen-bond acceptors (Lipinski definition) is 4. The lowest BCUT2D eigenvalue weighted by Gasteiger charge is -2.26. The van der Waals surface area contributed by atoms with Crippen LogP contribution in [0.5, 0.6) is 0 Å². The highest BCUT2D eigenvalue weighted by Gasteiger charge is 2.24. The maximum absolute atomic E-state index is 12.6. The molecule has 1 amide bonds. The molecule has 2 heterocycles. The molecule has 1 aromatic heterocycles. The molecule has 0 saturated carbocycles. The minimum Gasteiger partial charge on any atom is -0.315 e. The Labute approximate surface area is 134 Å². The molecule has 8 heteroatoms. The van der Waals surface area contributed by atoms with Gasteiger partial charge in [0.05, 0.1) is 11.4 Å². The van der Waals surface area contributed by atoms with Crippen LogP contribution in [0.1, 0.15) is 23.4 Å². The Kier molecular flexibility index (Phi) is 3.63. The second-order valence-corrected chi connectivity index (χ2v) is 7.28. The van der Waals surface area contributed by atoms with E-state index in [-0.39, 0.29) is 10.8 Å². The number of carbonyl (C=O) groups is 1. The fourth-order valence-electron chi connectivity index (χ4n) is 2.86. The molecule has 0 atom stereocenters. The van der Waals surface area contributed by atoms with E-state index in [2.05, 4.69) is 14.9 Å². The maximum atomic E-state index is 12.6. The number of anilines is 2. The fraction of sp³-hybridized carbons (Fsp3) is 0.333. The number of aryl methyl sites for hydroxylation is 3. The Bertz CT molecular complexity index is 867. The molecule has 0 saturated heterocycles. The van der Waals surface area contributed by atoms with E-state index in [0.717, 1.165) is 11.3 Å². The van der Waals surface area contributed by atoms with E-state index in [4.69, 9.17) is 0 Å². The zero-order chi connectivity index (χ0) is 16.8. The smallest absolute Gasteiger partial charge is 0.265 e. The van der Waals surface area contributed by atoms with Crippen molar-refractivity contribution in [2.75, 3.05) is 16.7 Å². The number of amides is 1. The number of nitrogens with zero attached hydrogens (tertiary/aromatic N) is 2. The van der Waals surface area contributed by atoms with Crippen molar-refractivity contribution >= 4 is 27.3 Å². The SMILES string of the molecule is Cc1n[nH]c(C)c1S(=O)(=O)Nc1ccc2c(c1)CCC(=O)N2C. The molecule has 1 aliphatic heterocycles. The van der Waals surface area contributed by atoms with E-state index in [1.807, 2.05) is 0 Å². The van der Waals surface area contributed by atoms with Gasteiger partial charge in [-0.2, -0.15) is 5.10 Å². The summed E-state index contributed by atoms with van der Waals surface area (Å²) in [6.45, 7) is 3.31. The quantitative estimate of drug-likeness (QED) is 0.894. The van der Waals surface area contributed by atoms with Crippen molar-refractivity contribution in [3.8, 4) is 0 Å². The topological polar surface area (TPSA) is 95.2 Å². The summed E-state index contributed by atoms with van der Waals surface area (Å²) in [6.07, 6.45) is 1.04. The van der Waals surface area contributed by atoms with Crippen LogP contribution in [-0.2, 0) is 21.2 Å². The van der Waals surface area contributed by atoms with E-state index in [0.29, 0.717) is 29.9 Å². The highest BCUT2D eigenvalue weighted by atomic mass is 32.2. The molecule has 1 aliphatic rings. The molecule has 2 N–H and O–H groups in total. The molecule has 0 unspecified atom stereocenters. The number of aromatic amines is 1. The molecule has 7 nitrogen and oxygen atoms in total. The number of fused-ring (bicyclic) bond motifs is 1. The number of benzene rings is 1. The van der Waals surface area contributed by atoms with Gasteiger partial charge in [0.1, 0.15) is 4.90 Å². The Balaban J connectivity index is 1.94. The average molecular weight is 334 g/mol. The number of rotatable bonds is 3. The third-order valence-corrected chi connectivity index (χ3v) is 5.65. The Morgan fingerprint density at radius 2 is 2.00 bits per heavy atom. The minimum atomic E-state index is -3.71. The monoisotopic (exact) mass is 334 g/mol. The van der Waals surface area contributed by atoms with Gasteiger partial charge in [0.15, 0.2) is 0 Å². The molecule has 0 bridgehead atoms. The molecular weight excluding hydrogens is 316 g/mol. The summed E-state index contributed by atoms with van der Waals surface area (Å²) >= 11 is 0. The number of hydrogen-bond donors (Lipinski definition) is 2. The van der Waals surface area contributed by atoms with Crippen molar-refractivity contribution < 1.29 is 13.2 Å². The van der Waals surface area contributed by atoms with E-state index in [9.17, 15) is 13.2 Å². The van der Waals surface area contributed by atoms with Gasteiger partial charge in [-0.15, -0.1) is 0 Å². The summed E-state index contributed by atoms with van der Waals surface area (Å²) in [5.74, 6) is 0.0653. The second-order valence-electron chi connectivity index (χ2n) is 5.66. The summed E-state index contributed by atoms with van der Waals surface area (Å²) in [7, 11) is -1.98. The van der Waals surface area contributed by atoms with E-state index in [1.165, 1.54) is 0 Å². The van der Waals surface area contributed by atoms with Crippen LogP contribution in [-0.4, -0.2) is 31.6 Å². The van der Waals surface area contributed by atoms with Crippen LogP contribution in [0.4, 0.5) is 11.4 Å². The molecule has 23 heavy (non-hydrogen) atoms. The summed E-state index contributed by atoms with van der Waals surface area (Å²) in [5, 5.41) is 6.60. The largest absolute Gasteiger partial charge is 0.315 e. The summed E-state index contributed by atoms with van der Waals surface area (Å²) in [5.41, 5.74) is 3.18. The molecule has 122 valence electrons. The van der Waals surface area contributed by atoms with Crippen molar-refractivity contribution in [1.29, 1.82) is 0 Å². The summed E-state index contributed by atoms with van der Waals surface area (Å²) in [6, 6.07) is 5.20. The van der Waals surface area contributed by atoms with Gasteiger partial charge in [0.2, 0.25) is 5.91 Å². The maximum Gasteiger partial charge on any atom is 0.265 e. The molecule has 0 fully saturated rings. The van der Waals surface area contributed by atoms with Crippen molar-refractivity contribution in [1.82, 2.24) is 10.2 Å². The van der Waals surface area contributed by atoms with Gasteiger partial charge in [0, 0.05) is 24.8 Å². The molecule has 1 aromatic carbocycles. The number of sulfonamides is 1.